The predicted octanol–water partition coefficient (Wildman–Crippen LogP) is 2.04. The molecule has 0 amide bonds. The van der Waals surface area contributed by atoms with Crippen LogP contribution in [0.1, 0.15) is 25.3 Å². The van der Waals surface area contributed by atoms with Gasteiger partial charge in [0, 0.05) is 24.4 Å². The minimum Gasteiger partial charge on any atom is -0.396 e. The molecule has 0 aliphatic carbocycles. The number of rotatable bonds is 6. The fourth-order valence-electron chi connectivity index (χ4n) is 1.64. The van der Waals surface area contributed by atoms with E-state index in [-0.39, 0.29) is 23.9 Å². The Bertz CT molecular complexity index is 468. The van der Waals surface area contributed by atoms with Crippen molar-refractivity contribution in [3.05, 3.63) is 33.9 Å². The molecule has 18 heavy (non-hydrogen) atoms. The molecular weight excluding hydrogens is 234 g/mol. The molecule has 2 N–H and O–H groups in total. The van der Waals surface area contributed by atoms with Gasteiger partial charge in [0.1, 0.15) is 11.6 Å². The topological polar surface area (TPSA) is 99.2 Å². The number of hydrogen-bond donors (Lipinski definition) is 2. The fourth-order valence-corrected chi connectivity index (χ4v) is 1.64. The molecule has 1 unspecified atom stereocenters. The van der Waals surface area contributed by atoms with Gasteiger partial charge >= 0.3 is 0 Å². The Labute approximate surface area is 105 Å². The first-order valence-electron chi connectivity index (χ1n) is 5.68. The van der Waals surface area contributed by atoms with Crippen molar-refractivity contribution in [2.75, 3.05) is 11.9 Å². The van der Waals surface area contributed by atoms with Crippen molar-refractivity contribution in [2.24, 2.45) is 0 Å². The highest BCUT2D eigenvalue weighted by Crippen LogP contribution is 2.23. The van der Waals surface area contributed by atoms with E-state index in [1.54, 1.807) is 12.1 Å². The Balaban J connectivity index is 2.95. The Hall–Kier alpha value is -2.13. The highest BCUT2D eigenvalue weighted by Gasteiger charge is 2.15. The van der Waals surface area contributed by atoms with Gasteiger partial charge in [-0.05, 0) is 25.0 Å². The Morgan fingerprint density at radius 1 is 1.61 bits per heavy atom. The van der Waals surface area contributed by atoms with Gasteiger partial charge in [-0.15, -0.1) is 0 Å². The molecule has 0 bridgehead atoms. The van der Waals surface area contributed by atoms with Crippen molar-refractivity contribution < 1.29 is 10.0 Å². The van der Waals surface area contributed by atoms with E-state index in [2.05, 4.69) is 5.32 Å². The SMILES string of the molecule is CCC(CCO)Nc1ccc(C#N)c([N+](=O)[O-])c1. The normalized spacial score (nSPS) is 11.6. The first-order chi connectivity index (χ1) is 8.62. The zero-order valence-electron chi connectivity index (χ0n) is 10.1. The molecule has 0 saturated carbocycles. The number of benzene rings is 1. The van der Waals surface area contributed by atoms with Crippen LogP contribution in [-0.4, -0.2) is 22.7 Å². The van der Waals surface area contributed by atoms with Crippen LogP contribution in [-0.2, 0) is 0 Å². The molecule has 0 spiro atoms. The smallest absolute Gasteiger partial charge is 0.289 e. The Morgan fingerprint density at radius 2 is 2.33 bits per heavy atom. The molecule has 0 fully saturated rings. The summed E-state index contributed by atoms with van der Waals surface area (Å²) in [5.74, 6) is 0. The predicted molar refractivity (Wildman–Crippen MR) is 67.2 cm³/mol. The molecule has 0 saturated heterocycles. The zero-order valence-corrected chi connectivity index (χ0v) is 10.1. The van der Waals surface area contributed by atoms with Crippen molar-refractivity contribution >= 4 is 11.4 Å². The number of anilines is 1. The molecule has 0 heterocycles. The van der Waals surface area contributed by atoms with E-state index in [1.165, 1.54) is 12.1 Å². The minimum atomic E-state index is -0.573. The number of aliphatic hydroxyl groups is 1. The van der Waals surface area contributed by atoms with Crippen LogP contribution in [0.15, 0.2) is 18.2 Å². The fraction of sp³-hybridized carbons (Fsp3) is 0.417. The van der Waals surface area contributed by atoms with Gasteiger partial charge in [0.15, 0.2) is 0 Å². The maximum absolute atomic E-state index is 10.8. The van der Waals surface area contributed by atoms with Gasteiger partial charge < -0.3 is 10.4 Å². The van der Waals surface area contributed by atoms with Gasteiger partial charge in [-0.1, -0.05) is 6.92 Å². The first-order valence-corrected chi connectivity index (χ1v) is 5.68. The standard InChI is InChI=1S/C12H15N3O3/c1-2-10(5-6-16)14-11-4-3-9(8-13)12(7-11)15(17)18/h3-4,7,10,14,16H,2,5-6H2,1H3. The summed E-state index contributed by atoms with van der Waals surface area (Å²) >= 11 is 0. The number of nitriles is 1. The van der Waals surface area contributed by atoms with Crippen LogP contribution in [0.5, 0.6) is 0 Å². The first kappa shape index (κ1) is 13.9. The Morgan fingerprint density at radius 3 is 2.83 bits per heavy atom. The molecule has 96 valence electrons. The lowest BCUT2D eigenvalue weighted by molar-refractivity contribution is -0.385. The summed E-state index contributed by atoms with van der Waals surface area (Å²) in [6, 6.07) is 6.24. The summed E-state index contributed by atoms with van der Waals surface area (Å²) in [4.78, 5) is 10.2. The molecule has 0 aliphatic heterocycles. The number of nitrogens with zero attached hydrogens (tertiary/aromatic N) is 2. The van der Waals surface area contributed by atoms with Crippen molar-refractivity contribution in [1.29, 1.82) is 5.26 Å². The molecule has 6 heteroatoms. The second kappa shape index (κ2) is 6.57. The number of nitrogens with one attached hydrogen (secondary N) is 1. The molecule has 1 rings (SSSR count). The molecule has 1 aromatic rings. The summed E-state index contributed by atoms with van der Waals surface area (Å²) in [5, 5.41) is 31.5. The third kappa shape index (κ3) is 3.43. The van der Waals surface area contributed by atoms with Crippen molar-refractivity contribution in [3.63, 3.8) is 0 Å². The van der Waals surface area contributed by atoms with Crippen LogP contribution in [0.3, 0.4) is 0 Å². The number of nitro benzene ring substituents is 1. The highest BCUT2D eigenvalue weighted by atomic mass is 16.6. The third-order valence-corrected chi connectivity index (χ3v) is 2.66. The van der Waals surface area contributed by atoms with Gasteiger partial charge in [-0.3, -0.25) is 10.1 Å². The van der Waals surface area contributed by atoms with E-state index in [0.717, 1.165) is 6.42 Å². The number of hydrogen-bond acceptors (Lipinski definition) is 5. The average molecular weight is 249 g/mol. The zero-order chi connectivity index (χ0) is 13.5. The van der Waals surface area contributed by atoms with Gasteiger partial charge in [0.25, 0.3) is 5.69 Å². The second-order valence-corrected chi connectivity index (χ2v) is 3.86. The summed E-state index contributed by atoms with van der Waals surface area (Å²) < 4.78 is 0. The van der Waals surface area contributed by atoms with Crippen LogP contribution in [0.2, 0.25) is 0 Å². The molecule has 1 aromatic carbocycles. The minimum absolute atomic E-state index is 0.0424. The van der Waals surface area contributed by atoms with Gasteiger partial charge in [-0.2, -0.15) is 5.26 Å². The van der Waals surface area contributed by atoms with Crippen LogP contribution in [0.25, 0.3) is 0 Å². The van der Waals surface area contributed by atoms with E-state index in [0.29, 0.717) is 12.1 Å². The van der Waals surface area contributed by atoms with Crippen molar-refractivity contribution in [1.82, 2.24) is 0 Å². The molecule has 0 aromatic heterocycles. The lowest BCUT2D eigenvalue weighted by Gasteiger charge is -2.16. The maximum Gasteiger partial charge on any atom is 0.289 e. The molecular formula is C12H15N3O3. The highest BCUT2D eigenvalue weighted by molar-refractivity contribution is 5.59. The average Bonchev–Trinajstić information content (AvgIpc) is 2.38. The van der Waals surface area contributed by atoms with E-state index in [9.17, 15) is 10.1 Å². The van der Waals surface area contributed by atoms with E-state index in [1.807, 2.05) is 6.92 Å². The van der Waals surface area contributed by atoms with Crippen molar-refractivity contribution in [2.45, 2.75) is 25.8 Å². The number of nitro groups is 1. The third-order valence-electron chi connectivity index (χ3n) is 2.66. The van der Waals surface area contributed by atoms with E-state index < -0.39 is 4.92 Å². The summed E-state index contributed by atoms with van der Waals surface area (Å²) in [7, 11) is 0. The lowest BCUT2D eigenvalue weighted by atomic mass is 10.1. The monoisotopic (exact) mass is 249 g/mol. The van der Waals surface area contributed by atoms with Crippen LogP contribution in [0, 0.1) is 21.4 Å². The second-order valence-electron chi connectivity index (χ2n) is 3.86. The van der Waals surface area contributed by atoms with E-state index in [4.69, 9.17) is 10.4 Å². The number of aliphatic hydroxyl groups excluding tert-OH is 1. The molecule has 6 nitrogen and oxygen atoms in total. The quantitative estimate of drug-likeness (QED) is 0.593. The van der Waals surface area contributed by atoms with Crippen LogP contribution < -0.4 is 5.32 Å². The van der Waals surface area contributed by atoms with Gasteiger partial charge in [0.05, 0.1) is 4.92 Å². The Kier molecular flexibility index (Phi) is 5.08. The molecule has 0 aliphatic rings. The maximum atomic E-state index is 10.8. The van der Waals surface area contributed by atoms with Crippen LogP contribution in [0.4, 0.5) is 11.4 Å². The molecule has 0 radical (unpaired) electrons. The van der Waals surface area contributed by atoms with Gasteiger partial charge in [0.2, 0.25) is 0 Å². The van der Waals surface area contributed by atoms with Crippen LogP contribution >= 0.6 is 0 Å². The van der Waals surface area contributed by atoms with Gasteiger partial charge in [-0.25, -0.2) is 0 Å². The largest absolute Gasteiger partial charge is 0.396 e. The summed E-state index contributed by atoms with van der Waals surface area (Å²) in [6.07, 6.45) is 1.37. The summed E-state index contributed by atoms with van der Waals surface area (Å²) in [5.41, 5.74) is 0.420. The summed E-state index contributed by atoms with van der Waals surface area (Å²) in [6.45, 7) is 2.02. The lowest BCUT2D eigenvalue weighted by Crippen LogP contribution is -2.19. The molecule has 1 atom stereocenters. The van der Waals surface area contributed by atoms with E-state index >= 15 is 0 Å². The van der Waals surface area contributed by atoms with Crippen molar-refractivity contribution in [3.8, 4) is 6.07 Å².